The number of thiophene rings is 1. The summed E-state index contributed by atoms with van der Waals surface area (Å²) in [6, 6.07) is 4.90. The van der Waals surface area contributed by atoms with Crippen LogP contribution in [0.4, 0.5) is 17.3 Å². The van der Waals surface area contributed by atoms with Crippen LogP contribution in [0.1, 0.15) is 18.9 Å². The van der Waals surface area contributed by atoms with Crippen molar-refractivity contribution in [2.75, 3.05) is 17.2 Å². The lowest BCUT2D eigenvalue weighted by Gasteiger charge is -2.08. The summed E-state index contributed by atoms with van der Waals surface area (Å²) < 4.78 is 0. The lowest BCUT2D eigenvalue weighted by Crippen LogP contribution is -2.06. The molecule has 0 aliphatic heterocycles. The molecule has 0 saturated carbocycles. The zero-order chi connectivity index (χ0) is 14.4. The minimum absolute atomic E-state index is 0.0337. The Kier molecular flexibility index (Phi) is 4.89. The second kappa shape index (κ2) is 6.85. The van der Waals surface area contributed by atoms with Gasteiger partial charge in [0.05, 0.1) is 17.1 Å². The van der Waals surface area contributed by atoms with Crippen molar-refractivity contribution in [2.24, 2.45) is 0 Å². The maximum absolute atomic E-state index is 10.9. The van der Waals surface area contributed by atoms with Gasteiger partial charge in [0.25, 0.3) is 5.69 Å². The average Bonchev–Trinajstić information content (AvgIpc) is 2.96. The van der Waals surface area contributed by atoms with E-state index in [1.165, 1.54) is 12.1 Å². The Balaban J connectivity index is 2.13. The number of rotatable bonds is 7. The van der Waals surface area contributed by atoms with Crippen molar-refractivity contribution in [3.8, 4) is 0 Å². The van der Waals surface area contributed by atoms with Gasteiger partial charge in [0, 0.05) is 13.1 Å². The van der Waals surface area contributed by atoms with E-state index in [2.05, 4.69) is 15.6 Å². The van der Waals surface area contributed by atoms with Gasteiger partial charge in [-0.2, -0.15) is 11.3 Å². The number of anilines is 2. The van der Waals surface area contributed by atoms with Crippen LogP contribution >= 0.6 is 11.3 Å². The van der Waals surface area contributed by atoms with Crippen LogP contribution in [0.3, 0.4) is 0 Å². The van der Waals surface area contributed by atoms with Crippen LogP contribution in [0, 0.1) is 10.1 Å². The Bertz CT molecular complexity index is 572. The molecule has 0 aliphatic rings. The van der Waals surface area contributed by atoms with Crippen molar-refractivity contribution in [2.45, 2.75) is 19.9 Å². The zero-order valence-electron chi connectivity index (χ0n) is 11.1. The molecule has 2 heterocycles. The summed E-state index contributed by atoms with van der Waals surface area (Å²) in [5.41, 5.74) is 1.16. The normalized spacial score (nSPS) is 10.2. The molecule has 0 amide bonds. The van der Waals surface area contributed by atoms with Crippen LogP contribution in [0.15, 0.2) is 29.0 Å². The number of pyridine rings is 1. The Morgan fingerprint density at radius 1 is 1.35 bits per heavy atom. The van der Waals surface area contributed by atoms with E-state index in [-0.39, 0.29) is 5.69 Å². The highest BCUT2D eigenvalue weighted by Gasteiger charge is 2.11. The molecule has 7 heteroatoms. The molecule has 0 saturated heterocycles. The van der Waals surface area contributed by atoms with Crippen molar-refractivity contribution in [1.29, 1.82) is 0 Å². The van der Waals surface area contributed by atoms with Crippen LogP contribution in [0.5, 0.6) is 0 Å². The monoisotopic (exact) mass is 292 g/mol. The minimum Gasteiger partial charge on any atom is -0.370 e. The van der Waals surface area contributed by atoms with Crippen LogP contribution in [-0.4, -0.2) is 16.5 Å². The highest BCUT2D eigenvalue weighted by molar-refractivity contribution is 7.07. The molecular weight excluding hydrogens is 276 g/mol. The van der Waals surface area contributed by atoms with E-state index in [1.54, 1.807) is 11.3 Å². The fourth-order valence-corrected chi connectivity index (χ4v) is 2.31. The van der Waals surface area contributed by atoms with Gasteiger partial charge >= 0.3 is 0 Å². The first-order valence-corrected chi connectivity index (χ1v) is 7.28. The fourth-order valence-electron chi connectivity index (χ4n) is 1.64. The van der Waals surface area contributed by atoms with Crippen molar-refractivity contribution in [3.63, 3.8) is 0 Å². The second-order valence-electron chi connectivity index (χ2n) is 4.26. The number of hydrogen-bond acceptors (Lipinski definition) is 6. The molecule has 0 bridgehead atoms. The third kappa shape index (κ3) is 3.92. The zero-order valence-corrected chi connectivity index (χ0v) is 11.9. The van der Waals surface area contributed by atoms with E-state index in [1.807, 2.05) is 23.8 Å². The van der Waals surface area contributed by atoms with Gasteiger partial charge < -0.3 is 10.6 Å². The number of aromatic nitrogens is 1. The predicted octanol–water partition coefficient (Wildman–Crippen LogP) is 3.49. The molecule has 2 N–H and O–H groups in total. The molecule has 6 nitrogen and oxygen atoms in total. The molecule has 2 aromatic rings. The third-order valence-corrected chi connectivity index (χ3v) is 3.36. The highest BCUT2D eigenvalue weighted by Crippen LogP contribution is 2.21. The molecule has 2 aromatic heterocycles. The van der Waals surface area contributed by atoms with Gasteiger partial charge in [0.1, 0.15) is 11.6 Å². The SMILES string of the molecule is CCCNc1cc([N+](=O)[O-])cc(NCc2ccsc2)n1. The molecule has 0 spiro atoms. The van der Waals surface area contributed by atoms with E-state index >= 15 is 0 Å². The standard InChI is InChI=1S/C13H16N4O2S/c1-2-4-14-12-6-11(17(18)19)7-13(16-12)15-8-10-3-5-20-9-10/h3,5-7,9H,2,4,8H2,1H3,(H2,14,15,16). The minimum atomic E-state index is -0.408. The number of nitrogens with zero attached hydrogens (tertiary/aromatic N) is 2. The van der Waals surface area contributed by atoms with Gasteiger partial charge in [0.15, 0.2) is 0 Å². The maximum atomic E-state index is 10.9. The molecule has 0 fully saturated rings. The van der Waals surface area contributed by atoms with E-state index < -0.39 is 4.92 Å². The first kappa shape index (κ1) is 14.3. The summed E-state index contributed by atoms with van der Waals surface area (Å²) in [4.78, 5) is 14.9. The first-order chi connectivity index (χ1) is 9.69. The van der Waals surface area contributed by atoms with Gasteiger partial charge in [-0.15, -0.1) is 0 Å². The maximum Gasteiger partial charge on any atom is 0.276 e. The summed E-state index contributed by atoms with van der Waals surface area (Å²) in [5, 5.41) is 21.1. The molecule has 106 valence electrons. The van der Waals surface area contributed by atoms with E-state index in [9.17, 15) is 10.1 Å². The smallest absolute Gasteiger partial charge is 0.276 e. The van der Waals surface area contributed by atoms with Crippen molar-refractivity contribution < 1.29 is 4.92 Å². The van der Waals surface area contributed by atoms with Crippen molar-refractivity contribution in [1.82, 2.24) is 4.98 Å². The predicted molar refractivity (Wildman–Crippen MR) is 81.3 cm³/mol. The summed E-state index contributed by atoms with van der Waals surface area (Å²) in [7, 11) is 0. The molecular formula is C13H16N4O2S. The van der Waals surface area contributed by atoms with Crippen LogP contribution in [0.2, 0.25) is 0 Å². The Labute approximate surface area is 121 Å². The Morgan fingerprint density at radius 3 is 2.70 bits per heavy atom. The van der Waals surface area contributed by atoms with Gasteiger partial charge in [-0.05, 0) is 28.8 Å². The highest BCUT2D eigenvalue weighted by atomic mass is 32.1. The number of hydrogen-bond donors (Lipinski definition) is 2. The van der Waals surface area contributed by atoms with Crippen LogP contribution in [-0.2, 0) is 6.54 Å². The van der Waals surface area contributed by atoms with E-state index in [0.29, 0.717) is 18.2 Å². The van der Waals surface area contributed by atoms with E-state index in [0.717, 1.165) is 18.5 Å². The third-order valence-electron chi connectivity index (χ3n) is 2.63. The van der Waals surface area contributed by atoms with Crippen molar-refractivity contribution >= 4 is 28.7 Å². The summed E-state index contributed by atoms with van der Waals surface area (Å²) in [5.74, 6) is 1.03. The average molecular weight is 292 g/mol. The molecule has 2 rings (SSSR count). The summed E-state index contributed by atoms with van der Waals surface area (Å²) >= 11 is 1.62. The van der Waals surface area contributed by atoms with Crippen LogP contribution < -0.4 is 10.6 Å². The molecule has 0 atom stereocenters. The van der Waals surface area contributed by atoms with E-state index in [4.69, 9.17) is 0 Å². The molecule has 0 radical (unpaired) electrons. The second-order valence-corrected chi connectivity index (χ2v) is 5.04. The lowest BCUT2D eigenvalue weighted by atomic mass is 10.3. The fraction of sp³-hybridized carbons (Fsp3) is 0.308. The number of nitrogens with one attached hydrogen (secondary N) is 2. The van der Waals surface area contributed by atoms with Gasteiger partial charge in [-0.3, -0.25) is 10.1 Å². The molecule has 20 heavy (non-hydrogen) atoms. The Morgan fingerprint density at radius 2 is 2.10 bits per heavy atom. The molecule has 0 unspecified atom stereocenters. The van der Waals surface area contributed by atoms with Gasteiger partial charge in [0.2, 0.25) is 0 Å². The first-order valence-electron chi connectivity index (χ1n) is 6.34. The van der Waals surface area contributed by atoms with Gasteiger partial charge in [-0.1, -0.05) is 6.92 Å². The topological polar surface area (TPSA) is 80.1 Å². The lowest BCUT2D eigenvalue weighted by molar-refractivity contribution is -0.384. The van der Waals surface area contributed by atoms with Crippen molar-refractivity contribution in [3.05, 3.63) is 44.6 Å². The Hall–Kier alpha value is -2.15. The summed E-state index contributed by atoms with van der Waals surface area (Å²) in [6.45, 7) is 3.36. The van der Waals surface area contributed by atoms with Crippen LogP contribution in [0.25, 0.3) is 0 Å². The summed E-state index contributed by atoms with van der Waals surface area (Å²) in [6.07, 6.45) is 0.933. The van der Waals surface area contributed by atoms with Gasteiger partial charge in [-0.25, -0.2) is 4.98 Å². The molecule has 0 aromatic carbocycles. The number of nitro groups is 1. The largest absolute Gasteiger partial charge is 0.370 e. The molecule has 0 aliphatic carbocycles. The quantitative estimate of drug-likeness (QED) is 0.603.